The Balaban J connectivity index is 1.34. The van der Waals surface area contributed by atoms with Gasteiger partial charge in [-0.3, -0.25) is 9.59 Å². The number of nitrogens with zero attached hydrogens (tertiary/aromatic N) is 3. The minimum absolute atomic E-state index is 0.0820. The van der Waals surface area contributed by atoms with Crippen LogP contribution in [0.15, 0.2) is 65.7 Å². The Kier molecular flexibility index (Phi) is 6.60. The van der Waals surface area contributed by atoms with E-state index in [1.165, 1.54) is 4.57 Å². The lowest BCUT2D eigenvalue weighted by Gasteiger charge is -2.42. The third-order valence-electron chi connectivity index (χ3n) is 7.64. The Hall–Kier alpha value is -3.91. The van der Waals surface area contributed by atoms with Crippen LogP contribution in [0.2, 0.25) is 0 Å². The van der Waals surface area contributed by atoms with Crippen LogP contribution in [0, 0.1) is 19.8 Å². The SMILES string of the molecule is CCC1(O)Nc2c(cc(C)n(CC(=O)NCc3ccc4nccn4c3C)c2=O)CC1Cc1ccccc1. The zero-order valence-electron chi connectivity index (χ0n) is 21.5. The summed E-state index contributed by atoms with van der Waals surface area (Å²) in [6.45, 7) is 6.01. The van der Waals surface area contributed by atoms with Gasteiger partial charge in [0.1, 0.15) is 23.6 Å². The van der Waals surface area contributed by atoms with Crippen molar-refractivity contribution in [3.05, 3.63) is 99.4 Å². The highest BCUT2D eigenvalue weighted by Gasteiger charge is 2.40. The number of amides is 1. The average molecular weight is 500 g/mol. The number of fused-ring (bicyclic) bond motifs is 2. The molecule has 1 amide bonds. The molecule has 1 aliphatic heterocycles. The third kappa shape index (κ3) is 4.76. The first-order valence-corrected chi connectivity index (χ1v) is 12.7. The maximum atomic E-state index is 13.5. The molecule has 8 nitrogen and oxygen atoms in total. The molecule has 0 saturated carbocycles. The molecule has 3 aromatic heterocycles. The number of anilines is 1. The quantitative estimate of drug-likeness (QED) is 0.362. The topological polar surface area (TPSA) is 101 Å². The van der Waals surface area contributed by atoms with E-state index in [4.69, 9.17) is 0 Å². The lowest BCUT2D eigenvalue weighted by atomic mass is 9.79. The zero-order valence-corrected chi connectivity index (χ0v) is 21.5. The molecule has 0 aliphatic carbocycles. The third-order valence-corrected chi connectivity index (χ3v) is 7.64. The van der Waals surface area contributed by atoms with Crippen molar-refractivity contribution < 1.29 is 9.90 Å². The van der Waals surface area contributed by atoms with Crippen LogP contribution in [0.3, 0.4) is 0 Å². The van der Waals surface area contributed by atoms with Crippen LogP contribution in [0.5, 0.6) is 0 Å². The van der Waals surface area contributed by atoms with Crippen molar-refractivity contribution in [3.63, 3.8) is 0 Å². The van der Waals surface area contributed by atoms with Crippen LogP contribution < -0.4 is 16.2 Å². The molecule has 2 unspecified atom stereocenters. The molecule has 0 bridgehead atoms. The van der Waals surface area contributed by atoms with Gasteiger partial charge in [-0.05, 0) is 61.9 Å². The van der Waals surface area contributed by atoms with Crippen LogP contribution in [0.25, 0.3) is 5.65 Å². The summed E-state index contributed by atoms with van der Waals surface area (Å²) in [5.74, 6) is -0.333. The fraction of sp³-hybridized carbons (Fsp3) is 0.345. The summed E-state index contributed by atoms with van der Waals surface area (Å²) in [7, 11) is 0. The minimum atomic E-state index is -1.21. The first kappa shape index (κ1) is 24.8. The van der Waals surface area contributed by atoms with Crippen molar-refractivity contribution in [2.75, 3.05) is 5.32 Å². The molecule has 4 aromatic rings. The van der Waals surface area contributed by atoms with Gasteiger partial charge in [0.15, 0.2) is 0 Å². The van der Waals surface area contributed by atoms with Gasteiger partial charge in [-0.2, -0.15) is 0 Å². The van der Waals surface area contributed by atoms with Crippen molar-refractivity contribution >= 4 is 17.2 Å². The monoisotopic (exact) mass is 499 g/mol. The zero-order chi connectivity index (χ0) is 26.2. The normalized spacial score (nSPS) is 18.9. The standard InChI is InChI=1S/C29H33N5O3/c1-4-29(37)24(15-21-8-6-5-7-9-21)16-23-14-19(2)34(28(36)27(23)32-29)18-26(35)31-17-22-10-11-25-30-12-13-33(25)20(22)3/h5-14,24,32,37H,4,15-18H2,1-3H3,(H,31,35). The van der Waals surface area contributed by atoms with E-state index in [0.717, 1.165) is 33.7 Å². The molecule has 2 atom stereocenters. The van der Waals surface area contributed by atoms with Crippen LogP contribution in [0.4, 0.5) is 5.69 Å². The number of nitrogens with one attached hydrogen (secondary N) is 2. The molecule has 192 valence electrons. The molecule has 0 radical (unpaired) electrons. The van der Waals surface area contributed by atoms with Crippen LogP contribution >= 0.6 is 0 Å². The summed E-state index contributed by atoms with van der Waals surface area (Å²) < 4.78 is 3.45. The predicted molar refractivity (Wildman–Crippen MR) is 143 cm³/mol. The van der Waals surface area contributed by atoms with E-state index in [1.54, 1.807) is 6.20 Å². The van der Waals surface area contributed by atoms with Crippen molar-refractivity contribution in [2.45, 2.75) is 58.8 Å². The molecule has 1 aliphatic rings. The van der Waals surface area contributed by atoms with E-state index in [9.17, 15) is 14.7 Å². The number of imidazole rings is 1. The highest BCUT2D eigenvalue weighted by Crippen LogP contribution is 2.36. The second-order valence-corrected chi connectivity index (χ2v) is 9.95. The van der Waals surface area contributed by atoms with Crippen LogP contribution in [-0.4, -0.2) is 30.7 Å². The highest BCUT2D eigenvalue weighted by molar-refractivity contribution is 5.76. The van der Waals surface area contributed by atoms with Gasteiger partial charge in [0.2, 0.25) is 5.91 Å². The Labute approximate surface area is 216 Å². The molecule has 1 aromatic carbocycles. The second-order valence-electron chi connectivity index (χ2n) is 9.95. The maximum Gasteiger partial charge on any atom is 0.274 e. The van der Waals surface area contributed by atoms with Gasteiger partial charge >= 0.3 is 0 Å². The van der Waals surface area contributed by atoms with E-state index in [0.29, 0.717) is 31.5 Å². The number of carbonyl (C=O) groups excluding carboxylic acids is 1. The smallest absolute Gasteiger partial charge is 0.274 e. The van der Waals surface area contributed by atoms with Gasteiger partial charge in [0.25, 0.3) is 5.56 Å². The Morgan fingerprint density at radius 1 is 1.22 bits per heavy atom. The van der Waals surface area contributed by atoms with Gasteiger partial charge in [-0.25, -0.2) is 4.98 Å². The predicted octanol–water partition coefficient (Wildman–Crippen LogP) is 3.35. The minimum Gasteiger partial charge on any atom is -0.371 e. The number of aryl methyl sites for hydroxylation is 2. The van der Waals surface area contributed by atoms with Crippen molar-refractivity contribution in [1.29, 1.82) is 0 Å². The van der Waals surface area contributed by atoms with Crippen molar-refractivity contribution in [3.8, 4) is 0 Å². The highest BCUT2D eigenvalue weighted by atomic mass is 16.3. The molecule has 8 heteroatoms. The molecular weight excluding hydrogens is 466 g/mol. The van der Waals surface area contributed by atoms with E-state index in [-0.39, 0.29) is 23.9 Å². The fourth-order valence-corrected chi connectivity index (χ4v) is 5.35. The number of hydrogen-bond acceptors (Lipinski definition) is 5. The molecule has 0 fully saturated rings. The Bertz CT molecular complexity index is 1510. The molecule has 3 N–H and O–H groups in total. The van der Waals surface area contributed by atoms with Gasteiger partial charge in [-0.15, -0.1) is 0 Å². The molecule has 4 heterocycles. The number of aliphatic hydroxyl groups is 1. The van der Waals surface area contributed by atoms with Crippen molar-refractivity contribution in [1.82, 2.24) is 19.3 Å². The summed E-state index contributed by atoms with van der Waals surface area (Å²) in [6.07, 6.45) is 5.37. The first-order chi connectivity index (χ1) is 17.8. The van der Waals surface area contributed by atoms with E-state index in [2.05, 4.69) is 27.8 Å². The Morgan fingerprint density at radius 3 is 2.76 bits per heavy atom. The second kappa shape index (κ2) is 9.86. The maximum absolute atomic E-state index is 13.5. The van der Waals surface area contributed by atoms with Crippen LogP contribution in [0.1, 0.15) is 41.4 Å². The number of rotatable bonds is 7. The average Bonchev–Trinajstić information content (AvgIpc) is 3.38. The molecule has 0 spiro atoms. The number of aromatic nitrogens is 3. The first-order valence-electron chi connectivity index (χ1n) is 12.7. The van der Waals surface area contributed by atoms with Gasteiger partial charge in [-0.1, -0.05) is 43.3 Å². The molecule has 5 rings (SSSR count). The Morgan fingerprint density at radius 2 is 2.00 bits per heavy atom. The molecule has 37 heavy (non-hydrogen) atoms. The number of carbonyl (C=O) groups is 1. The molecular formula is C29H33N5O3. The lowest BCUT2D eigenvalue weighted by molar-refractivity contribution is -0.121. The van der Waals surface area contributed by atoms with Gasteiger partial charge in [0, 0.05) is 36.2 Å². The molecule has 0 saturated heterocycles. The number of benzene rings is 1. The number of hydrogen-bond donors (Lipinski definition) is 3. The summed E-state index contributed by atoms with van der Waals surface area (Å²) in [5.41, 5.74) is 4.47. The van der Waals surface area contributed by atoms with Crippen LogP contribution in [-0.2, 0) is 30.7 Å². The summed E-state index contributed by atoms with van der Waals surface area (Å²) in [4.78, 5) is 30.6. The van der Waals surface area contributed by atoms with Crippen molar-refractivity contribution in [2.24, 2.45) is 5.92 Å². The lowest BCUT2D eigenvalue weighted by Crippen LogP contribution is -2.52. The van der Waals surface area contributed by atoms with E-state index in [1.807, 2.05) is 67.8 Å². The number of pyridine rings is 2. The summed E-state index contributed by atoms with van der Waals surface area (Å²) in [6, 6.07) is 15.9. The summed E-state index contributed by atoms with van der Waals surface area (Å²) >= 11 is 0. The van der Waals surface area contributed by atoms with E-state index < -0.39 is 5.72 Å². The largest absolute Gasteiger partial charge is 0.371 e. The summed E-state index contributed by atoms with van der Waals surface area (Å²) in [5, 5.41) is 17.6. The fourth-order valence-electron chi connectivity index (χ4n) is 5.35. The van der Waals surface area contributed by atoms with Gasteiger partial charge < -0.3 is 24.7 Å². The van der Waals surface area contributed by atoms with Gasteiger partial charge in [0.05, 0.1) is 0 Å². The van der Waals surface area contributed by atoms with E-state index >= 15 is 0 Å².